The van der Waals surface area contributed by atoms with Gasteiger partial charge in [0.25, 0.3) is 0 Å². The van der Waals surface area contributed by atoms with Crippen molar-refractivity contribution in [3.8, 4) is 0 Å². The fourth-order valence-electron chi connectivity index (χ4n) is 4.03. The van der Waals surface area contributed by atoms with Crippen LogP contribution < -0.4 is 5.32 Å². The topological polar surface area (TPSA) is 24.5 Å². The van der Waals surface area contributed by atoms with E-state index in [0.29, 0.717) is 5.41 Å². The van der Waals surface area contributed by atoms with Crippen LogP contribution in [-0.2, 0) is 4.74 Å². The molecule has 1 N–H and O–H groups in total. The summed E-state index contributed by atoms with van der Waals surface area (Å²) >= 11 is 0. The molecule has 1 saturated heterocycles. The summed E-state index contributed by atoms with van der Waals surface area (Å²) < 4.78 is 5.57. The standard InChI is InChI=1S/C16H32N2O/c1-14-5-4-6-15(11-14)18(3)13-16(12-17-2)7-9-19-10-8-16/h14-15,17H,4-13H2,1-3H3. The van der Waals surface area contributed by atoms with Crippen LogP contribution in [0.3, 0.4) is 0 Å². The zero-order chi connectivity index (χ0) is 13.7. The Balaban J connectivity index is 1.92. The van der Waals surface area contributed by atoms with Crippen molar-refractivity contribution in [3.63, 3.8) is 0 Å². The lowest BCUT2D eigenvalue weighted by Crippen LogP contribution is -2.49. The first-order valence-corrected chi connectivity index (χ1v) is 8.08. The maximum Gasteiger partial charge on any atom is 0.0472 e. The summed E-state index contributed by atoms with van der Waals surface area (Å²) in [6.07, 6.45) is 8.05. The van der Waals surface area contributed by atoms with Crippen LogP contribution in [0.2, 0.25) is 0 Å². The van der Waals surface area contributed by atoms with Gasteiger partial charge in [0.05, 0.1) is 0 Å². The van der Waals surface area contributed by atoms with Crippen LogP contribution in [-0.4, -0.2) is 51.3 Å². The van der Waals surface area contributed by atoms with Crippen molar-refractivity contribution < 1.29 is 4.74 Å². The number of hydrogen-bond donors (Lipinski definition) is 1. The van der Waals surface area contributed by atoms with Gasteiger partial charge < -0.3 is 15.0 Å². The van der Waals surface area contributed by atoms with Crippen molar-refractivity contribution >= 4 is 0 Å². The predicted molar refractivity (Wildman–Crippen MR) is 80.5 cm³/mol. The molecule has 0 aromatic rings. The monoisotopic (exact) mass is 268 g/mol. The Kier molecular flexibility index (Phi) is 5.67. The highest BCUT2D eigenvalue weighted by Crippen LogP contribution is 2.33. The second-order valence-electron chi connectivity index (χ2n) is 6.98. The Hall–Kier alpha value is -0.120. The lowest BCUT2D eigenvalue weighted by atomic mass is 9.78. The average molecular weight is 268 g/mol. The first kappa shape index (κ1) is 15.3. The van der Waals surface area contributed by atoms with Crippen molar-refractivity contribution in [1.82, 2.24) is 10.2 Å². The van der Waals surface area contributed by atoms with Gasteiger partial charge in [-0.2, -0.15) is 0 Å². The molecule has 1 aliphatic heterocycles. The number of ether oxygens (including phenoxy) is 1. The van der Waals surface area contributed by atoms with E-state index in [9.17, 15) is 0 Å². The van der Waals surface area contributed by atoms with Gasteiger partial charge >= 0.3 is 0 Å². The Morgan fingerprint density at radius 1 is 1.26 bits per heavy atom. The molecule has 0 spiro atoms. The molecule has 3 nitrogen and oxygen atoms in total. The largest absolute Gasteiger partial charge is 0.381 e. The second kappa shape index (κ2) is 7.05. The van der Waals surface area contributed by atoms with Gasteiger partial charge in [0.15, 0.2) is 0 Å². The summed E-state index contributed by atoms with van der Waals surface area (Å²) in [7, 11) is 4.43. The van der Waals surface area contributed by atoms with Gasteiger partial charge in [-0.25, -0.2) is 0 Å². The summed E-state index contributed by atoms with van der Waals surface area (Å²) in [6, 6.07) is 0.806. The van der Waals surface area contributed by atoms with Crippen molar-refractivity contribution in [2.75, 3.05) is 40.4 Å². The molecule has 3 heteroatoms. The Bertz CT molecular complexity index is 258. The minimum Gasteiger partial charge on any atom is -0.381 e. The lowest BCUT2D eigenvalue weighted by molar-refractivity contribution is -0.00998. The summed E-state index contributed by atoms with van der Waals surface area (Å²) in [4.78, 5) is 2.65. The fraction of sp³-hybridized carbons (Fsp3) is 1.00. The van der Waals surface area contributed by atoms with Gasteiger partial charge in [-0.05, 0) is 51.1 Å². The molecule has 0 bridgehead atoms. The van der Waals surface area contributed by atoms with Crippen LogP contribution >= 0.6 is 0 Å². The normalized spacial score (nSPS) is 31.6. The molecular formula is C16H32N2O. The van der Waals surface area contributed by atoms with Crippen molar-refractivity contribution in [3.05, 3.63) is 0 Å². The van der Waals surface area contributed by atoms with Gasteiger partial charge in [0, 0.05) is 32.3 Å². The zero-order valence-electron chi connectivity index (χ0n) is 13.1. The smallest absolute Gasteiger partial charge is 0.0472 e. The molecule has 2 fully saturated rings. The van der Waals surface area contributed by atoms with E-state index >= 15 is 0 Å². The van der Waals surface area contributed by atoms with E-state index in [4.69, 9.17) is 4.74 Å². The van der Waals surface area contributed by atoms with Gasteiger partial charge in [0.1, 0.15) is 0 Å². The fourth-order valence-corrected chi connectivity index (χ4v) is 4.03. The van der Waals surface area contributed by atoms with Crippen LogP contribution in [0.5, 0.6) is 0 Å². The van der Waals surface area contributed by atoms with E-state index in [0.717, 1.165) is 31.7 Å². The molecule has 2 aliphatic rings. The van der Waals surface area contributed by atoms with Crippen LogP contribution in [0.25, 0.3) is 0 Å². The molecular weight excluding hydrogens is 236 g/mol. The summed E-state index contributed by atoms with van der Waals surface area (Å²) in [6.45, 7) is 6.66. The van der Waals surface area contributed by atoms with Crippen molar-refractivity contribution in [2.24, 2.45) is 11.3 Å². The predicted octanol–water partition coefficient (Wildman–Crippen LogP) is 2.51. The minimum atomic E-state index is 0.433. The van der Waals surface area contributed by atoms with Crippen LogP contribution in [0.4, 0.5) is 0 Å². The quantitative estimate of drug-likeness (QED) is 0.829. The highest BCUT2D eigenvalue weighted by Gasteiger charge is 2.35. The van der Waals surface area contributed by atoms with E-state index in [1.165, 1.54) is 45.1 Å². The van der Waals surface area contributed by atoms with E-state index in [1.54, 1.807) is 0 Å². The highest BCUT2D eigenvalue weighted by atomic mass is 16.5. The van der Waals surface area contributed by atoms with Crippen molar-refractivity contribution in [1.29, 1.82) is 0 Å². The van der Waals surface area contributed by atoms with Gasteiger partial charge in [-0.1, -0.05) is 19.8 Å². The van der Waals surface area contributed by atoms with Crippen LogP contribution in [0.15, 0.2) is 0 Å². The van der Waals surface area contributed by atoms with Crippen LogP contribution in [0.1, 0.15) is 45.4 Å². The average Bonchev–Trinajstić information content (AvgIpc) is 2.40. The number of nitrogens with one attached hydrogen (secondary N) is 1. The maximum atomic E-state index is 5.57. The third kappa shape index (κ3) is 4.17. The third-order valence-electron chi connectivity index (χ3n) is 5.22. The lowest BCUT2D eigenvalue weighted by Gasteiger charge is -2.43. The van der Waals surface area contributed by atoms with Crippen molar-refractivity contribution in [2.45, 2.75) is 51.5 Å². The van der Waals surface area contributed by atoms with Crippen LogP contribution in [0, 0.1) is 11.3 Å². The number of nitrogens with zero attached hydrogens (tertiary/aromatic N) is 1. The molecule has 112 valence electrons. The Labute approximate surface area is 119 Å². The van der Waals surface area contributed by atoms with Gasteiger partial charge in [0.2, 0.25) is 0 Å². The number of hydrogen-bond acceptors (Lipinski definition) is 3. The first-order chi connectivity index (χ1) is 9.15. The molecule has 0 radical (unpaired) electrons. The molecule has 1 heterocycles. The molecule has 1 aliphatic carbocycles. The van der Waals surface area contributed by atoms with E-state index in [-0.39, 0.29) is 0 Å². The molecule has 2 rings (SSSR count). The highest BCUT2D eigenvalue weighted by molar-refractivity contribution is 4.89. The molecule has 1 saturated carbocycles. The SMILES string of the molecule is CNCC1(CN(C)C2CCCC(C)C2)CCOCC1. The maximum absolute atomic E-state index is 5.57. The molecule has 0 aromatic carbocycles. The molecule has 2 unspecified atom stereocenters. The Morgan fingerprint density at radius 3 is 2.63 bits per heavy atom. The molecule has 0 aromatic heterocycles. The first-order valence-electron chi connectivity index (χ1n) is 8.08. The number of rotatable bonds is 5. The van der Waals surface area contributed by atoms with E-state index in [1.807, 2.05) is 0 Å². The van der Waals surface area contributed by atoms with Gasteiger partial charge in [-0.15, -0.1) is 0 Å². The summed E-state index contributed by atoms with van der Waals surface area (Å²) in [5.41, 5.74) is 0.433. The van der Waals surface area contributed by atoms with Gasteiger partial charge in [-0.3, -0.25) is 0 Å². The molecule has 0 amide bonds. The summed E-state index contributed by atoms with van der Waals surface area (Å²) in [5.74, 6) is 0.913. The summed E-state index contributed by atoms with van der Waals surface area (Å²) in [5, 5.41) is 3.41. The van der Waals surface area contributed by atoms with E-state index < -0.39 is 0 Å². The molecule has 19 heavy (non-hydrogen) atoms. The minimum absolute atomic E-state index is 0.433. The molecule has 2 atom stereocenters. The van der Waals surface area contributed by atoms with E-state index in [2.05, 4.69) is 31.2 Å². The third-order valence-corrected chi connectivity index (χ3v) is 5.22. The second-order valence-corrected chi connectivity index (χ2v) is 6.98. The Morgan fingerprint density at radius 2 is 2.00 bits per heavy atom. The zero-order valence-corrected chi connectivity index (χ0v) is 13.1.